The van der Waals surface area contributed by atoms with E-state index < -0.39 is 0 Å². The first kappa shape index (κ1) is 9.96. The molecule has 2 unspecified atom stereocenters. The van der Waals surface area contributed by atoms with E-state index in [2.05, 4.69) is 11.8 Å². The lowest BCUT2D eigenvalue weighted by Crippen LogP contribution is -2.36. The summed E-state index contributed by atoms with van der Waals surface area (Å²) >= 11 is 0. The lowest BCUT2D eigenvalue weighted by atomic mass is 10.2. The van der Waals surface area contributed by atoms with E-state index in [1.54, 1.807) is 7.11 Å². The van der Waals surface area contributed by atoms with Crippen molar-refractivity contribution in [2.24, 2.45) is 0 Å². The molecule has 0 bridgehead atoms. The maximum absolute atomic E-state index is 9.46. The van der Waals surface area contributed by atoms with E-state index in [1.807, 2.05) is 0 Å². The molecule has 0 radical (unpaired) electrons. The van der Waals surface area contributed by atoms with E-state index in [0.717, 1.165) is 13.1 Å². The van der Waals surface area contributed by atoms with Crippen molar-refractivity contribution in [2.45, 2.75) is 31.9 Å². The molecule has 1 fully saturated rings. The van der Waals surface area contributed by atoms with Crippen molar-refractivity contribution in [3.05, 3.63) is 0 Å². The SMILES string of the molecule is COCC(O)CN1CCCC1C. The van der Waals surface area contributed by atoms with Crippen LogP contribution in [0.25, 0.3) is 0 Å². The van der Waals surface area contributed by atoms with Crippen LogP contribution in [0.15, 0.2) is 0 Å². The van der Waals surface area contributed by atoms with Gasteiger partial charge in [0, 0.05) is 19.7 Å². The van der Waals surface area contributed by atoms with Crippen LogP contribution < -0.4 is 0 Å². The van der Waals surface area contributed by atoms with Crippen molar-refractivity contribution in [2.75, 3.05) is 26.8 Å². The summed E-state index contributed by atoms with van der Waals surface area (Å²) in [5.74, 6) is 0. The van der Waals surface area contributed by atoms with E-state index in [4.69, 9.17) is 4.74 Å². The summed E-state index contributed by atoms with van der Waals surface area (Å²) in [6.45, 7) is 4.55. The molecule has 0 aromatic rings. The Kier molecular flexibility index (Phi) is 3.98. The van der Waals surface area contributed by atoms with Gasteiger partial charge in [0.15, 0.2) is 0 Å². The zero-order chi connectivity index (χ0) is 8.97. The molecule has 0 aliphatic carbocycles. The molecule has 2 atom stereocenters. The number of hydrogen-bond donors (Lipinski definition) is 1. The van der Waals surface area contributed by atoms with Gasteiger partial charge in [-0.2, -0.15) is 0 Å². The third-order valence-corrected chi connectivity index (χ3v) is 2.49. The Labute approximate surface area is 74.3 Å². The van der Waals surface area contributed by atoms with Gasteiger partial charge in [0.1, 0.15) is 0 Å². The molecule has 0 aromatic carbocycles. The van der Waals surface area contributed by atoms with Crippen LogP contribution in [0.4, 0.5) is 0 Å². The maximum Gasteiger partial charge on any atom is 0.0900 e. The summed E-state index contributed by atoms with van der Waals surface area (Å²) in [4.78, 5) is 2.32. The first-order valence-electron chi connectivity index (χ1n) is 4.65. The topological polar surface area (TPSA) is 32.7 Å². The molecular formula is C9H19NO2. The van der Waals surface area contributed by atoms with Crippen LogP contribution in [-0.2, 0) is 4.74 Å². The Bertz CT molecular complexity index is 130. The Morgan fingerprint density at radius 1 is 1.67 bits per heavy atom. The molecule has 1 aliphatic rings. The molecule has 1 rings (SSSR count). The van der Waals surface area contributed by atoms with Crippen LogP contribution in [0, 0.1) is 0 Å². The van der Waals surface area contributed by atoms with Gasteiger partial charge in [-0.3, -0.25) is 4.90 Å². The number of hydrogen-bond acceptors (Lipinski definition) is 3. The number of methoxy groups -OCH3 is 1. The van der Waals surface area contributed by atoms with Gasteiger partial charge in [0.25, 0.3) is 0 Å². The maximum atomic E-state index is 9.46. The first-order valence-corrected chi connectivity index (χ1v) is 4.65. The third kappa shape index (κ3) is 2.73. The van der Waals surface area contributed by atoms with Gasteiger partial charge in [0.05, 0.1) is 12.7 Å². The van der Waals surface area contributed by atoms with Gasteiger partial charge in [0.2, 0.25) is 0 Å². The van der Waals surface area contributed by atoms with E-state index in [9.17, 15) is 5.11 Å². The molecular weight excluding hydrogens is 154 g/mol. The predicted octanol–water partition coefficient (Wildman–Crippen LogP) is 0.478. The molecule has 72 valence electrons. The smallest absolute Gasteiger partial charge is 0.0900 e. The van der Waals surface area contributed by atoms with Gasteiger partial charge in [-0.15, -0.1) is 0 Å². The van der Waals surface area contributed by atoms with E-state index in [0.29, 0.717) is 12.6 Å². The van der Waals surface area contributed by atoms with Crippen LogP contribution in [0.1, 0.15) is 19.8 Å². The zero-order valence-electron chi connectivity index (χ0n) is 7.99. The summed E-state index contributed by atoms with van der Waals surface area (Å²) in [5.41, 5.74) is 0. The highest BCUT2D eigenvalue weighted by molar-refractivity contribution is 4.77. The number of aliphatic hydroxyl groups excluding tert-OH is 1. The summed E-state index contributed by atoms with van der Waals surface area (Å²) < 4.78 is 4.87. The standard InChI is InChI=1S/C9H19NO2/c1-8-4-3-5-10(8)6-9(11)7-12-2/h8-9,11H,3-7H2,1-2H3. The molecule has 3 heteroatoms. The highest BCUT2D eigenvalue weighted by Crippen LogP contribution is 2.16. The molecule has 1 saturated heterocycles. The Balaban J connectivity index is 2.20. The van der Waals surface area contributed by atoms with Gasteiger partial charge in [-0.05, 0) is 26.3 Å². The minimum Gasteiger partial charge on any atom is -0.389 e. The highest BCUT2D eigenvalue weighted by Gasteiger charge is 2.21. The number of ether oxygens (including phenoxy) is 1. The lowest BCUT2D eigenvalue weighted by molar-refractivity contribution is 0.0363. The van der Waals surface area contributed by atoms with Crippen molar-refractivity contribution >= 4 is 0 Å². The molecule has 1 N–H and O–H groups in total. The molecule has 0 spiro atoms. The second kappa shape index (κ2) is 4.80. The van der Waals surface area contributed by atoms with Gasteiger partial charge in [-0.25, -0.2) is 0 Å². The fourth-order valence-corrected chi connectivity index (χ4v) is 1.78. The van der Waals surface area contributed by atoms with Crippen molar-refractivity contribution in [3.63, 3.8) is 0 Å². The minimum atomic E-state index is -0.324. The summed E-state index contributed by atoms with van der Waals surface area (Å²) in [5, 5.41) is 9.46. The van der Waals surface area contributed by atoms with Crippen LogP contribution in [0.3, 0.4) is 0 Å². The van der Waals surface area contributed by atoms with Crippen LogP contribution in [-0.4, -0.2) is 49.0 Å². The fourth-order valence-electron chi connectivity index (χ4n) is 1.78. The predicted molar refractivity (Wildman–Crippen MR) is 48.2 cm³/mol. The highest BCUT2D eigenvalue weighted by atomic mass is 16.5. The summed E-state index contributed by atoms with van der Waals surface area (Å²) in [7, 11) is 1.62. The van der Waals surface area contributed by atoms with E-state index in [1.165, 1.54) is 12.8 Å². The average Bonchev–Trinajstić information content (AvgIpc) is 2.37. The van der Waals surface area contributed by atoms with Crippen LogP contribution in [0.2, 0.25) is 0 Å². The van der Waals surface area contributed by atoms with Gasteiger partial charge < -0.3 is 9.84 Å². The largest absolute Gasteiger partial charge is 0.389 e. The number of rotatable bonds is 4. The zero-order valence-corrected chi connectivity index (χ0v) is 7.99. The van der Waals surface area contributed by atoms with Crippen molar-refractivity contribution in [3.8, 4) is 0 Å². The Morgan fingerprint density at radius 3 is 2.92 bits per heavy atom. The number of β-amino-alcohol motifs (C(OH)–C–C–N with tert-alkyl or cyclic N) is 1. The first-order chi connectivity index (χ1) is 5.74. The normalized spacial score (nSPS) is 27.8. The van der Waals surface area contributed by atoms with E-state index in [-0.39, 0.29) is 6.10 Å². The average molecular weight is 173 g/mol. The molecule has 3 nitrogen and oxygen atoms in total. The molecule has 0 aromatic heterocycles. The number of aliphatic hydroxyl groups is 1. The van der Waals surface area contributed by atoms with Crippen molar-refractivity contribution < 1.29 is 9.84 Å². The molecule has 1 heterocycles. The van der Waals surface area contributed by atoms with Crippen molar-refractivity contribution in [1.82, 2.24) is 4.90 Å². The monoisotopic (exact) mass is 173 g/mol. The Hall–Kier alpha value is -0.120. The van der Waals surface area contributed by atoms with Gasteiger partial charge >= 0.3 is 0 Å². The van der Waals surface area contributed by atoms with Gasteiger partial charge in [-0.1, -0.05) is 0 Å². The summed E-state index contributed by atoms with van der Waals surface area (Å²) in [6, 6.07) is 0.636. The molecule has 0 saturated carbocycles. The lowest BCUT2D eigenvalue weighted by Gasteiger charge is -2.23. The quantitative estimate of drug-likeness (QED) is 0.671. The second-order valence-corrected chi connectivity index (χ2v) is 3.60. The fraction of sp³-hybridized carbons (Fsp3) is 1.00. The van der Waals surface area contributed by atoms with Crippen LogP contribution >= 0.6 is 0 Å². The molecule has 1 aliphatic heterocycles. The molecule has 0 amide bonds. The molecule has 12 heavy (non-hydrogen) atoms. The Morgan fingerprint density at radius 2 is 2.42 bits per heavy atom. The van der Waals surface area contributed by atoms with E-state index >= 15 is 0 Å². The van der Waals surface area contributed by atoms with Crippen LogP contribution in [0.5, 0.6) is 0 Å². The second-order valence-electron chi connectivity index (χ2n) is 3.60. The number of nitrogens with zero attached hydrogens (tertiary/aromatic N) is 1. The van der Waals surface area contributed by atoms with Crippen molar-refractivity contribution in [1.29, 1.82) is 0 Å². The summed E-state index contributed by atoms with van der Waals surface area (Å²) in [6.07, 6.45) is 2.20. The third-order valence-electron chi connectivity index (χ3n) is 2.49. The minimum absolute atomic E-state index is 0.324. The number of likely N-dealkylation sites (tertiary alicyclic amines) is 1.